The number of hydrogen-bond donors (Lipinski definition) is 1. The van der Waals surface area contributed by atoms with Gasteiger partial charge in [-0.2, -0.15) is 0 Å². The van der Waals surface area contributed by atoms with Gasteiger partial charge in [0.25, 0.3) is 0 Å². The van der Waals surface area contributed by atoms with E-state index in [9.17, 15) is 4.79 Å². The molecule has 1 rings (SSSR count). The minimum Gasteiger partial charge on any atom is -0.393 e. The highest BCUT2D eigenvalue weighted by Crippen LogP contribution is 2.17. The van der Waals surface area contributed by atoms with Crippen molar-refractivity contribution >= 4 is 23.1 Å². The predicted octanol–water partition coefficient (Wildman–Crippen LogP) is 2.11. The standard InChI is InChI=1S/C14H26N2O2S/c1-3-16(10-11(2)14(15)19)13(17)8-7-12-6-4-5-9-18-12/h11-12H,3-10H2,1-2H3,(H2,15,19). The molecule has 1 heterocycles. The Morgan fingerprint density at radius 1 is 1.53 bits per heavy atom. The second kappa shape index (κ2) is 8.48. The quantitative estimate of drug-likeness (QED) is 0.728. The van der Waals surface area contributed by atoms with Gasteiger partial charge in [-0.25, -0.2) is 0 Å². The molecule has 1 amide bonds. The molecule has 2 N–H and O–H groups in total. The molecule has 0 radical (unpaired) electrons. The first kappa shape index (κ1) is 16.4. The van der Waals surface area contributed by atoms with Crippen molar-refractivity contribution < 1.29 is 9.53 Å². The average molecular weight is 286 g/mol. The first-order valence-electron chi connectivity index (χ1n) is 7.23. The highest BCUT2D eigenvalue weighted by Gasteiger charge is 2.19. The van der Waals surface area contributed by atoms with Gasteiger partial charge in [-0.05, 0) is 32.6 Å². The van der Waals surface area contributed by atoms with Gasteiger partial charge in [0.15, 0.2) is 0 Å². The summed E-state index contributed by atoms with van der Waals surface area (Å²) in [5.41, 5.74) is 5.60. The van der Waals surface area contributed by atoms with Crippen LogP contribution in [0.1, 0.15) is 46.0 Å². The van der Waals surface area contributed by atoms with Gasteiger partial charge in [-0.15, -0.1) is 0 Å². The summed E-state index contributed by atoms with van der Waals surface area (Å²) in [5.74, 6) is 0.254. The number of ether oxygens (including phenoxy) is 1. The zero-order valence-corrected chi connectivity index (χ0v) is 12.9. The normalized spacial score (nSPS) is 20.8. The third kappa shape index (κ3) is 5.87. The van der Waals surface area contributed by atoms with Crippen molar-refractivity contribution in [3.63, 3.8) is 0 Å². The summed E-state index contributed by atoms with van der Waals surface area (Å²) in [7, 11) is 0. The summed E-state index contributed by atoms with van der Waals surface area (Å²) >= 11 is 4.96. The second-order valence-corrected chi connectivity index (χ2v) is 5.73. The van der Waals surface area contributed by atoms with E-state index in [1.807, 2.05) is 18.7 Å². The van der Waals surface area contributed by atoms with E-state index in [0.29, 0.717) is 24.5 Å². The van der Waals surface area contributed by atoms with Crippen molar-refractivity contribution in [1.29, 1.82) is 0 Å². The molecule has 0 saturated carbocycles. The largest absolute Gasteiger partial charge is 0.393 e. The molecule has 0 aromatic heterocycles. The Bertz CT molecular complexity index is 304. The minimum atomic E-state index is 0.0739. The fraction of sp³-hybridized carbons (Fsp3) is 0.857. The van der Waals surface area contributed by atoms with E-state index in [1.165, 1.54) is 6.42 Å². The van der Waals surface area contributed by atoms with Gasteiger partial charge in [-0.1, -0.05) is 19.1 Å². The Labute approximate surface area is 121 Å². The van der Waals surface area contributed by atoms with Crippen LogP contribution < -0.4 is 5.73 Å². The van der Waals surface area contributed by atoms with Gasteiger partial charge in [0, 0.05) is 32.0 Å². The second-order valence-electron chi connectivity index (χ2n) is 5.26. The maximum absolute atomic E-state index is 12.2. The summed E-state index contributed by atoms with van der Waals surface area (Å²) < 4.78 is 5.65. The van der Waals surface area contributed by atoms with E-state index in [-0.39, 0.29) is 17.9 Å². The van der Waals surface area contributed by atoms with Crippen molar-refractivity contribution in [2.75, 3.05) is 19.7 Å². The molecule has 1 aliphatic heterocycles. The van der Waals surface area contributed by atoms with E-state index < -0.39 is 0 Å². The topological polar surface area (TPSA) is 55.6 Å². The van der Waals surface area contributed by atoms with E-state index in [2.05, 4.69) is 0 Å². The van der Waals surface area contributed by atoms with Gasteiger partial charge >= 0.3 is 0 Å². The van der Waals surface area contributed by atoms with E-state index in [1.54, 1.807) is 0 Å². The predicted molar refractivity (Wildman–Crippen MR) is 81.0 cm³/mol. The summed E-state index contributed by atoms with van der Waals surface area (Å²) in [6.07, 6.45) is 5.11. The van der Waals surface area contributed by atoms with Gasteiger partial charge in [-0.3, -0.25) is 4.79 Å². The van der Waals surface area contributed by atoms with E-state index in [0.717, 1.165) is 25.9 Å². The Morgan fingerprint density at radius 2 is 2.26 bits per heavy atom. The number of rotatable bonds is 7. The summed E-state index contributed by atoms with van der Waals surface area (Å²) in [6.45, 7) is 6.12. The SMILES string of the molecule is CCN(CC(C)C(N)=S)C(=O)CCC1CCCCO1. The van der Waals surface area contributed by atoms with Crippen LogP contribution in [0.25, 0.3) is 0 Å². The van der Waals surface area contributed by atoms with Gasteiger partial charge in [0.1, 0.15) is 0 Å². The lowest BCUT2D eigenvalue weighted by Crippen LogP contribution is -2.38. The van der Waals surface area contributed by atoms with Crippen LogP contribution in [0.3, 0.4) is 0 Å². The molecule has 110 valence electrons. The lowest BCUT2D eigenvalue weighted by Gasteiger charge is -2.26. The van der Waals surface area contributed by atoms with Gasteiger partial charge < -0.3 is 15.4 Å². The third-order valence-corrected chi connectivity index (χ3v) is 4.07. The average Bonchev–Trinajstić information content (AvgIpc) is 2.42. The van der Waals surface area contributed by atoms with Crippen LogP contribution in [-0.2, 0) is 9.53 Å². The van der Waals surface area contributed by atoms with Crippen LogP contribution in [0, 0.1) is 5.92 Å². The number of carbonyl (C=O) groups excluding carboxylic acids is 1. The van der Waals surface area contributed by atoms with Crippen LogP contribution >= 0.6 is 12.2 Å². The maximum Gasteiger partial charge on any atom is 0.222 e. The lowest BCUT2D eigenvalue weighted by molar-refractivity contribution is -0.132. The number of nitrogens with zero attached hydrogens (tertiary/aromatic N) is 1. The molecule has 2 unspecified atom stereocenters. The molecule has 1 fully saturated rings. The van der Waals surface area contributed by atoms with Crippen LogP contribution in [-0.4, -0.2) is 41.6 Å². The summed E-state index contributed by atoms with van der Waals surface area (Å²) in [5, 5.41) is 0. The maximum atomic E-state index is 12.2. The fourth-order valence-corrected chi connectivity index (χ4v) is 2.38. The molecular formula is C14H26N2O2S. The van der Waals surface area contributed by atoms with Crippen molar-refractivity contribution in [3.05, 3.63) is 0 Å². The molecular weight excluding hydrogens is 260 g/mol. The van der Waals surface area contributed by atoms with Crippen LogP contribution in [0.2, 0.25) is 0 Å². The number of amides is 1. The van der Waals surface area contributed by atoms with Crippen molar-refractivity contribution in [3.8, 4) is 0 Å². The highest BCUT2D eigenvalue weighted by molar-refractivity contribution is 7.80. The Kier molecular flexibility index (Phi) is 7.31. The molecule has 2 atom stereocenters. The molecule has 0 bridgehead atoms. The minimum absolute atomic E-state index is 0.0739. The molecule has 19 heavy (non-hydrogen) atoms. The Hall–Kier alpha value is -0.680. The number of thiocarbonyl (C=S) groups is 1. The van der Waals surface area contributed by atoms with E-state index >= 15 is 0 Å². The molecule has 0 aromatic carbocycles. The van der Waals surface area contributed by atoms with Crippen LogP contribution in [0.4, 0.5) is 0 Å². The Balaban J connectivity index is 2.34. The zero-order chi connectivity index (χ0) is 14.3. The molecule has 0 aliphatic carbocycles. The number of hydrogen-bond acceptors (Lipinski definition) is 3. The van der Waals surface area contributed by atoms with Crippen molar-refractivity contribution in [2.45, 2.75) is 52.1 Å². The van der Waals surface area contributed by atoms with Gasteiger partial charge in [0.2, 0.25) is 5.91 Å². The van der Waals surface area contributed by atoms with Gasteiger partial charge in [0.05, 0.1) is 11.1 Å². The third-order valence-electron chi connectivity index (χ3n) is 3.67. The summed E-state index contributed by atoms with van der Waals surface area (Å²) in [6, 6.07) is 0. The highest BCUT2D eigenvalue weighted by atomic mass is 32.1. The zero-order valence-electron chi connectivity index (χ0n) is 12.1. The molecule has 0 spiro atoms. The van der Waals surface area contributed by atoms with Crippen molar-refractivity contribution in [1.82, 2.24) is 4.90 Å². The molecule has 0 aromatic rings. The molecule has 1 saturated heterocycles. The smallest absolute Gasteiger partial charge is 0.222 e. The summed E-state index contributed by atoms with van der Waals surface area (Å²) in [4.78, 5) is 14.5. The lowest BCUT2D eigenvalue weighted by atomic mass is 10.0. The fourth-order valence-electron chi connectivity index (χ4n) is 2.31. The molecule has 5 heteroatoms. The first-order chi connectivity index (χ1) is 9.04. The van der Waals surface area contributed by atoms with Crippen LogP contribution in [0.5, 0.6) is 0 Å². The molecule has 4 nitrogen and oxygen atoms in total. The number of carbonyl (C=O) groups is 1. The monoisotopic (exact) mass is 286 g/mol. The first-order valence-corrected chi connectivity index (χ1v) is 7.64. The molecule has 1 aliphatic rings. The van der Waals surface area contributed by atoms with Crippen molar-refractivity contribution in [2.24, 2.45) is 11.7 Å². The van der Waals surface area contributed by atoms with E-state index in [4.69, 9.17) is 22.7 Å². The Morgan fingerprint density at radius 3 is 2.79 bits per heavy atom. The van der Waals surface area contributed by atoms with Crippen LogP contribution in [0.15, 0.2) is 0 Å². The number of nitrogens with two attached hydrogens (primary N) is 1.